The predicted octanol–water partition coefficient (Wildman–Crippen LogP) is 0.853. The van der Waals surface area contributed by atoms with Crippen LogP contribution in [-0.2, 0) is 20.2 Å². The van der Waals surface area contributed by atoms with Gasteiger partial charge >= 0.3 is 6.01 Å². The molecule has 0 spiro atoms. The molecular weight excluding hydrogens is 204 g/mol. The smallest absolute Gasteiger partial charge is 0.335 e. The summed E-state index contributed by atoms with van der Waals surface area (Å²) in [5.74, 6) is 0. The maximum absolute atomic E-state index is 5.51. The summed E-state index contributed by atoms with van der Waals surface area (Å²) in [7, 11) is 1.80. The SMILES string of the molecule is Cn1cnc(OCc2ccc(CN)cc2)n1. The summed E-state index contributed by atoms with van der Waals surface area (Å²) < 4.78 is 7.02. The van der Waals surface area contributed by atoms with Crippen LogP contribution < -0.4 is 10.5 Å². The number of ether oxygens (including phenoxy) is 1. The van der Waals surface area contributed by atoms with Gasteiger partial charge in [-0.2, -0.15) is 4.98 Å². The second-order valence-electron chi connectivity index (χ2n) is 3.51. The van der Waals surface area contributed by atoms with Crippen molar-refractivity contribution in [3.05, 3.63) is 41.7 Å². The highest BCUT2D eigenvalue weighted by Gasteiger charge is 2.00. The average molecular weight is 218 g/mol. The fourth-order valence-electron chi connectivity index (χ4n) is 1.31. The van der Waals surface area contributed by atoms with Crippen LogP contribution in [0.2, 0.25) is 0 Å². The highest BCUT2D eigenvalue weighted by Crippen LogP contribution is 2.07. The van der Waals surface area contributed by atoms with Crippen molar-refractivity contribution in [3.63, 3.8) is 0 Å². The highest BCUT2D eigenvalue weighted by molar-refractivity contribution is 5.22. The van der Waals surface area contributed by atoms with E-state index in [1.165, 1.54) is 0 Å². The number of nitrogens with two attached hydrogens (primary N) is 1. The van der Waals surface area contributed by atoms with E-state index >= 15 is 0 Å². The van der Waals surface area contributed by atoms with Gasteiger partial charge in [-0.15, -0.1) is 5.10 Å². The molecule has 5 heteroatoms. The molecule has 0 fully saturated rings. The summed E-state index contributed by atoms with van der Waals surface area (Å²) in [6.07, 6.45) is 1.60. The van der Waals surface area contributed by atoms with Gasteiger partial charge in [-0.05, 0) is 11.1 Å². The van der Waals surface area contributed by atoms with E-state index in [4.69, 9.17) is 10.5 Å². The van der Waals surface area contributed by atoms with Crippen LogP contribution in [-0.4, -0.2) is 14.8 Å². The van der Waals surface area contributed by atoms with E-state index in [1.807, 2.05) is 24.3 Å². The lowest BCUT2D eigenvalue weighted by atomic mass is 10.1. The van der Waals surface area contributed by atoms with Gasteiger partial charge in [0.25, 0.3) is 0 Å². The van der Waals surface area contributed by atoms with Crippen molar-refractivity contribution >= 4 is 0 Å². The molecule has 1 aromatic heterocycles. The molecule has 0 saturated heterocycles. The number of rotatable bonds is 4. The molecule has 0 radical (unpaired) electrons. The first-order chi connectivity index (χ1) is 7.78. The molecule has 2 aromatic rings. The molecule has 0 saturated carbocycles. The molecule has 2 rings (SSSR count). The van der Waals surface area contributed by atoms with Gasteiger partial charge in [0.1, 0.15) is 12.9 Å². The Morgan fingerprint density at radius 2 is 1.94 bits per heavy atom. The fraction of sp³-hybridized carbons (Fsp3) is 0.273. The minimum absolute atomic E-state index is 0.394. The van der Waals surface area contributed by atoms with Gasteiger partial charge < -0.3 is 10.5 Å². The zero-order valence-electron chi connectivity index (χ0n) is 9.13. The standard InChI is InChI=1S/C11H14N4O/c1-15-8-13-11(14-15)16-7-10-4-2-9(6-12)3-5-10/h2-5,8H,6-7,12H2,1H3. The maximum Gasteiger partial charge on any atom is 0.335 e. The van der Waals surface area contributed by atoms with Crippen LogP contribution >= 0.6 is 0 Å². The molecule has 1 heterocycles. The summed E-state index contributed by atoms with van der Waals surface area (Å²) in [6, 6.07) is 8.36. The van der Waals surface area contributed by atoms with Crippen molar-refractivity contribution in [2.45, 2.75) is 13.2 Å². The number of hydrogen-bond donors (Lipinski definition) is 1. The second-order valence-corrected chi connectivity index (χ2v) is 3.51. The molecule has 0 aliphatic heterocycles. The molecule has 0 aliphatic rings. The number of hydrogen-bond acceptors (Lipinski definition) is 4. The van der Waals surface area contributed by atoms with E-state index in [-0.39, 0.29) is 0 Å². The van der Waals surface area contributed by atoms with Crippen molar-refractivity contribution in [1.82, 2.24) is 14.8 Å². The normalized spacial score (nSPS) is 10.4. The van der Waals surface area contributed by atoms with Crippen molar-refractivity contribution in [3.8, 4) is 6.01 Å². The molecule has 0 atom stereocenters. The zero-order valence-corrected chi connectivity index (χ0v) is 9.13. The van der Waals surface area contributed by atoms with Gasteiger partial charge in [0.15, 0.2) is 0 Å². The number of aryl methyl sites for hydroxylation is 1. The molecule has 0 aliphatic carbocycles. The van der Waals surface area contributed by atoms with E-state index in [0.717, 1.165) is 11.1 Å². The van der Waals surface area contributed by atoms with E-state index in [2.05, 4.69) is 10.1 Å². The Labute approximate surface area is 93.9 Å². The van der Waals surface area contributed by atoms with Crippen molar-refractivity contribution in [1.29, 1.82) is 0 Å². The monoisotopic (exact) mass is 218 g/mol. The average Bonchev–Trinajstić information content (AvgIpc) is 2.73. The third-order valence-electron chi connectivity index (χ3n) is 2.21. The second kappa shape index (κ2) is 4.76. The third-order valence-corrected chi connectivity index (χ3v) is 2.21. The quantitative estimate of drug-likeness (QED) is 0.826. The number of aromatic nitrogens is 3. The molecule has 0 amide bonds. The summed E-state index contributed by atoms with van der Waals surface area (Å²) in [6.45, 7) is 1.03. The van der Waals surface area contributed by atoms with Gasteiger partial charge in [0, 0.05) is 13.6 Å². The Kier molecular flexibility index (Phi) is 3.16. The molecule has 0 bridgehead atoms. The summed E-state index contributed by atoms with van der Waals surface area (Å²) in [4.78, 5) is 3.97. The first kappa shape index (κ1) is 10.6. The molecule has 0 unspecified atom stereocenters. The van der Waals surface area contributed by atoms with Crippen LogP contribution in [0.3, 0.4) is 0 Å². The largest absolute Gasteiger partial charge is 0.458 e. The Balaban J connectivity index is 1.94. The first-order valence-corrected chi connectivity index (χ1v) is 5.04. The zero-order chi connectivity index (χ0) is 11.4. The van der Waals surface area contributed by atoms with E-state index in [0.29, 0.717) is 19.2 Å². The van der Waals surface area contributed by atoms with Crippen LogP contribution in [0.25, 0.3) is 0 Å². The van der Waals surface area contributed by atoms with Gasteiger partial charge in [-0.3, -0.25) is 4.68 Å². The van der Waals surface area contributed by atoms with Crippen LogP contribution in [0, 0.1) is 0 Å². The Morgan fingerprint density at radius 1 is 1.25 bits per heavy atom. The molecule has 5 nitrogen and oxygen atoms in total. The van der Waals surface area contributed by atoms with E-state index in [1.54, 1.807) is 18.1 Å². The van der Waals surface area contributed by atoms with Crippen LogP contribution in [0.5, 0.6) is 6.01 Å². The Morgan fingerprint density at radius 3 is 2.50 bits per heavy atom. The lowest BCUT2D eigenvalue weighted by molar-refractivity contribution is 0.280. The lowest BCUT2D eigenvalue weighted by Gasteiger charge is -2.02. The summed E-state index contributed by atoms with van der Waals surface area (Å²) in [5.41, 5.74) is 7.70. The van der Waals surface area contributed by atoms with Gasteiger partial charge in [0.2, 0.25) is 0 Å². The van der Waals surface area contributed by atoms with Gasteiger partial charge in [0.05, 0.1) is 0 Å². The lowest BCUT2D eigenvalue weighted by Crippen LogP contribution is -1.99. The molecular formula is C11H14N4O. The Hall–Kier alpha value is -1.88. The van der Waals surface area contributed by atoms with E-state index in [9.17, 15) is 0 Å². The molecule has 84 valence electrons. The third kappa shape index (κ3) is 2.58. The fourth-order valence-corrected chi connectivity index (χ4v) is 1.31. The maximum atomic E-state index is 5.51. The first-order valence-electron chi connectivity index (χ1n) is 5.04. The number of nitrogens with zero attached hydrogens (tertiary/aromatic N) is 3. The summed E-state index contributed by atoms with van der Waals surface area (Å²) >= 11 is 0. The van der Waals surface area contributed by atoms with Gasteiger partial charge in [-0.25, -0.2) is 0 Å². The summed E-state index contributed by atoms with van der Waals surface area (Å²) in [5, 5.41) is 4.02. The van der Waals surface area contributed by atoms with Crippen molar-refractivity contribution in [2.24, 2.45) is 12.8 Å². The van der Waals surface area contributed by atoms with Crippen LogP contribution in [0.4, 0.5) is 0 Å². The molecule has 1 aromatic carbocycles. The minimum Gasteiger partial charge on any atom is -0.458 e. The van der Waals surface area contributed by atoms with Crippen molar-refractivity contribution < 1.29 is 4.74 Å². The van der Waals surface area contributed by atoms with Crippen LogP contribution in [0.15, 0.2) is 30.6 Å². The van der Waals surface area contributed by atoms with Gasteiger partial charge in [-0.1, -0.05) is 24.3 Å². The minimum atomic E-state index is 0.394. The van der Waals surface area contributed by atoms with Crippen molar-refractivity contribution in [2.75, 3.05) is 0 Å². The topological polar surface area (TPSA) is 66.0 Å². The predicted molar refractivity (Wildman–Crippen MR) is 59.7 cm³/mol. The highest BCUT2D eigenvalue weighted by atomic mass is 16.5. The molecule has 2 N–H and O–H groups in total. The Bertz CT molecular complexity index is 449. The van der Waals surface area contributed by atoms with Crippen LogP contribution in [0.1, 0.15) is 11.1 Å². The number of benzene rings is 1. The van der Waals surface area contributed by atoms with E-state index < -0.39 is 0 Å². The molecule has 16 heavy (non-hydrogen) atoms.